The Labute approximate surface area is 190 Å². The monoisotopic (exact) mass is 452 g/mol. The van der Waals surface area contributed by atoms with Crippen molar-refractivity contribution in [3.05, 3.63) is 82.9 Å². The maximum Gasteiger partial charge on any atom is 0.343 e. The zero-order valence-electron chi connectivity index (χ0n) is 17.5. The van der Waals surface area contributed by atoms with E-state index in [2.05, 4.69) is 10.1 Å². The van der Waals surface area contributed by atoms with Gasteiger partial charge >= 0.3 is 5.97 Å². The van der Waals surface area contributed by atoms with Gasteiger partial charge in [0.05, 0.1) is 19.8 Å². The van der Waals surface area contributed by atoms with Crippen molar-refractivity contribution in [2.75, 3.05) is 31.0 Å². The standard InChI is InChI=1S/C24H21ClN2O5/c1-30-17-10-8-16(9-11-17)27-23(26-20-6-4-3-5-18(20)24(27)29)19-13-15(25)7-12-21(19)32-14-22(28)31-2/h3-13,23,26H,14H2,1-2H3/t23-/m1/s1. The minimum Gasteiger partial charge on any atom is -0.497 e. The van der Waals surface area contributed by atoms with Gasteiger partial charge in [-0.1, -0.05) is 23.7 Å². The second-order valence-electron chi connectivity index (χ2n) is 7.01. The average Bonchev–Trinajstić information content (AvgIpc) is 2.83. The number of para-hydroxylation sites is 1. The average molecular weight is 453 g/mol. The van der Waals surface area contributed by atoms with E-state index >= 15 is 0 Å². The van der Waals surface area contributed by atoms with Gasteiger partial charge in [0.2, 0.25) is 0 Å². The van der Waals surface area contributed by atoms with Crippen LogP contribution in [0, 0.1) is 0 Å². The number of amides is 1. The number of halogens is 1. The molecular weight excluding hydrogens is 432 g/mol. The van der Waals surface area contributed by atoms with E-state index in [0.29, 0.717) is 39.0 Å². The molecule has 0 saturated heterocycles. The van der Waals surface area contributed by atoms with Gasteiger partial charge in [-0.25, -0.2) is 4.79 Å². The minimum absolute atomic E-state index is 0.187. The number of carbonyl (C=O) groups excluding carboxylic acids is 2. The lowest BCUT2D eigenvalue weighted by Gasteiger charge is -2.38. The van der Waals surface area contributed by atoms with Gasteiger partial charge in [-0.3, -0.25) is 9.69 Å². The molecule has 32 heavy (non-hydrogen) atoms. The SMILES string of the molecule is COC(=O)COc1ccc(Cl)cc1[C@@H]1Nc2ccccc2C(=O)N1c1ccc(OC)cc1. The quantitative estimate of drug-likeness (QED) is 0.547. The molecule has 164 valence electrons. The number of rotatable bonds is 6. The Balaban J connectivity index is 1.82. The van der Waals surface area contributed by atoms with Crippen molar-refractivity contribution in [2.45, 2.75) is 6.17 Å². The van der Waals surface area contributed by atoms with Crippen LogP contribution in [-0.2, 0) is 9.53 Å². The molecule has 3 aromatic carbocycles. The van der Waals surface area contributed by atoms with Crippen LogP contribution in [0.2, 0.25) is 5.02 Å². The van der Waals surface area contributed by atoms with Crippen molar-refractivity contribution in [1.29, 1.82) is 0 Å². The Morgan fingerprint density at radius 1 is 1.06 bits per heavy atom. The first-order valence-electron chi connectivity index (χ1n) is 9.84. The molecule has 0 unspecified atom stereocenters. The van der Waals surface area contributed by atoms with E-state index in [9.17, 15) is 9.59 Å². The summed E-state index contributed by atoms with van der Waals surface area (Å²) in [5.74, 6) is 0.375. The van der Waals surface area contributed by atoms with E-state index in [1.54, 1.807) is 60.5 Å². The molecule has 1 N–H and O–H groups in total. The highest BCUT2D eigenvalue weighted by Crippen LogP contribution is 2.40. The van der Waals surface area contributed by atoms with Gasteiger partial charge in [-0.15, -0.1) is 0 Å². The summed E-state index contributed by atoms with van der Waals surface area (Å²) < 4.78 is 15.6. The first-order valence-corrected chi connectivity index (χ1v) is 10.2. The first kappa shape index (κ1) is 21.5. The number of benzene rings is 3. The number of esters is 1. The number of carbonyl (C=O) groups is 2. The number of hydrogen-bond donors (Lipinski definition) is 1. The lowest BCUT2D eigenvalue weighted by atomic mass is 10.0. The van der Waals surface area contributed by atoms with Crippen LogP contribution in [0.3, 0.4) is 0 Å². The molecule has 3 aromatic rings. The van der Waals surface area contributed by atoms with Crippen molar-refractivity contribution in [2.24, 2.45) is 0 Å². The Hall–Kier alpha value is -3.71. The Morgan fingerprint density at radius 2 is 1.81 bits per heavy atom. The fourth-order valence-corrected chi connectivity index (χ4v) is 3.72. The number of fused-ring (bicyclic) bond motifs is 1. The van der Waals surface area contributed by atoms with Gasteiger partial charge in [-0.2, -0.15) is 0 Å². The van der Waals surface area contributed by atoms with Gasteiger partial charge in [0.25, 0.3) is 5.91 Å². The smallest absolute Gasteiger partial charge is 0.343 e. The second kappa shape index (κ2) is 9.20. The van der Waals surface area contributed by atoms with Crippen LogP contribution in [-0.4, -0.2) is 32.7 Å². The van der Waals surface area contributed by atoms with E-state index in [-0.39, 0.29) is 12.5 Å². The van der Waals surface area contributed by atoms with Gasteiger partial charge in [0.15, 0.2) is 6.61 Å². The summed E-state index contributed by atoms with van der Waals surface area (Å²) >= 11 is 6.30. The molecule has 0 fully saturated rings. The summed E-state index contributed by atoms with van der Waals surface area (Å²) in [6.45, 7) is -0.273. The third-order valence-corrected chi connectivity index (χ3v) is 5.35. The van der Waals surface area contributed by atoms with Crippen LogP contribution in [0.5, 0.6) is 11.5 Å². The highest BCUT2D eigenvalue weighted by Gasteiger charge is 2.35. The molecule has 0 spiro atoms. The number of nitrogens with one attached hydrogen (secondary N) is 1. The number of nitrogens with zero attached hydrogens (tertiary/aromatic N) is 1. The molecule has 8 heteroatoms. The third kappa shape index (κ3) is 4.20. The van der Waals surface area contributed by atoms with Gasteiger partial charge in [-0.05, 0) is 54.6 Å². The molecule has 0 aromatic heterocycles. The summed E-state index contributed by atoms with van der Waals surface area (Å²) in [4.78, 5) is 26.8. The number of methoxy groups -OCH3 is 2. The van der Waals surface area contributed by atoms with Gasteiger partial charge in [0, 0.05) is 22.0 Å². The van der Waals surface area contributed by atoms with Gasteiger partial charge in [0.1, 0.15) is 17.7 Å². The van der Waals surface area contributed by atoms with Crippen LogP contribution in [0.25, 0.3) is 0 Å². The summed E-state index contributed by atoms with van der Waals surface area (Å²) in [5.41, 5.74) is 2.48. The molecule has 1 aliphatic rings. The van der Waals surface area contributed by atoms with E-state index in [0.717, 1.165) is 0 Å². The van der Waals surface area contributed by atoms with Crippen molar-refractivity contribution in [3.8, 4) is 11.5 Å². The molecule has 0 bridgehead atoms. The predicted molar refractivity (Wildman–Crippen MR) is 122 cm³/mol. The fourth-order valence-electron chi connectivity index (χ4n) is 3.54. The molecule has 0 saturated carbocycles. The zero-order valence-corrected chi connectivity index (χ0v) is 18.3. The molecule has 0 aliphatic carbocycles. The van der Waals surface area contributed by atoms with Crippen molar-refractivity contribution in [3.63, 3.8) is 0 Å². The van der Waals surface area contributed by atoms with Crippen LogP contribution in [0.15, 0.2) is 66.7 Å². The highest BCUT2D eigenvalue weighted by atomic mass is 35.5. The Kier molecular flexibility index (Phi) is 6.18. The van der Waals surface area contributed by atoms with Crippen molar-refractivity contribution < 1.29 is 23.8 Å². The minimum atomic E-state index is -0.642. The molecule has 0 radical (unpaired) electrons. The van der Waals surface area contributed by atoms with Crippen molar-refractivity contribution >= 4 is 34.9 Å². The molecule has 1 amide bonds. The maximum absolute atomic E-state index is 13.6. The third-order valence-electron chi connectivity index (χ3n) is 5.12. The second-order valence-corrected chi connectivity index (χ2v) is 7.45. The largest absolute Gasteiger partial charge is 0.497 e. The number of anilines is 2. The maximum atomic E-state index is 13.6. The van der Waals surface area contributed by atoms with Gasteiger partial charge < -0.3 is 19.5 Å². The van der Waals surface area contributed by atoms with Crippen LogP contribution >= 0.6 is 11.6 Å². The summed E-state index contributed by atoms with van der Waals surface area (Å²) in [5, 5.41) is 3.88. The number of ether oxygens (including phenoxy) is 3. The lowest BCUT2D eigenvalue weighted by Crippen LogP contribution is -2.43. The van der Waals surface area contributed by atoms with Crippen LogP contribution in [0.1, 0.15) is 22.1 Å². The van der Waals surface area contributed by atoms with E-state index in [4.69, 9.17) is 21.1 Å². The molecule has 4 rings (SSSR count). The first-order chi connectivity index (χ1) is 15.5. The van der Waals surface area contributed by atoms with E-state index in [1.165, 1.54) is 7.11 Å². The fraction of sp³-hybridized carbons (Fsp3) is 0.167. The normalized spacial score (nSPS) is 14.9. The molecule has 1 aliphatic heterocycles. The summed E-state index contributed by atoms with van der Waals surface area (Å²) in [7, 11) is 2.87. The summed E-state index contributed by atoms with van der Waals surface area (Å²) in [6.07, 6.45) is -0.642. The van der Waals surface area contributed by atoms with Crippen molar-refractivity contribution in [1.82, 2.24) is 0 Å². The molecule has 1 heterocycles. The zero-order chi connectivity index (χ0) is 22.7. The highest BCUT2D eigenvalue weighted by molar-refractivity contribution is 6.30. The molecule has 1 atom stereocenters. The number of hydrogen-bond acceptors (Lipinski definition) is 6. The van der Waals surface area contributed by atoms with E-state index in [1.807, 2.05) is 18.2 Å². The molecular formula is C24H21ClN2O5. The van der Waals surface area contributed by atoms with Crippen LogP contribution < -0.4 is 19.7 Å². The van der Waals surface area contributed by atoms with E-state index < -0.39 is 12.1 Å². The predicted octanol–water partition coefficient (Wildman–Crippen LogP) is 4.67. The van der Waals surface area contributed by atoms with Crippen LogP contribution in [0.4, 0.5) is 11.4 Å². The lowest BCUT2D eigenvalue weighted by molar-refractivity contribution is -0.142. The molecule has 7 nitrogen and oxygen atoms in total. The topological polar surface area (TPSA) is 77.1 Å². The Morgan fingerprint density at radius 3 is 2.53 bits per heavy atom. The summed E-state index contributed by atoms with van der Waals surface area (Å²) in [6, 6.07) is 19.5. The Bertz CT molecular complexity index is 1150.